The van der Waals surface area contributed by atoms with Crippen molar-refractivity contribution >= 4 is 33.3 Å². The van der Waals surface area contributed by atoms with Gasteiger partial charge in [0.15, 0.2) is 5.78 Å². The summed E-state index contributed by atoms with van der Waals surface area (Å²) in [5.41, 5.74) is 2.88. The quantitative estimate of drug-likeness (QED) is 0.739. The minimum atomic E-state index is 0.0988. The summed E-state index contributed by atoms with van der Waals surface area (Å²) in [7, 11) is 0. The predicted octanol–water partition coefficient (Wildman–Crippen LogP) is 4.84. The van der Waals surface area contributed by atoms with Crippen molar-refractivity contribution in [3.8, 4) is 0 Å². The zero-order chi connectivity index (χ0) is 13.1. The molecule has 2 aromatic carbocycles. The van der Waals surface area contributed by atoms with Crippen molar-refractivity contribution in [2.24, 2.45) is 0 Å². The molecule has 0 amide bonds. The molecule has 18 heavy (non-hydrogen) atoms. The number of carbonyl (C=O) groups excluding carboxylic acids is 1. The van der Waals surface area contributed by atoms with Gasteiger partial charge in [-0.3, -0.25) is 4.79 Å². The van der Waals surface area contributed by atoms with E-state index in [1.165, 1.54) is 0 Å². The Hall–Kier alpha value is -1.12. The molecule has 3 heteroatoms. The van der Waals surface area contributed by atoms with E-state index in [-0.39, 0.29) is 5.78 Å². The van der Waals surface area contributed by atoms with E-state index in [0.29, 0.717) is 17.0 Å². The van der Waals surface area contributed by atoms with Crippen molar-refractivity contribution in [3.63, 3.8) is 0 Å². The van der Waals surface area contributed by atoms with E-state index < -0.39 is 0 Å². The van der Waals surface area contributed by atoms with Gasteiger partial charge in [0.1, 0.15) is 0 Å². The molecule has 92 valence electrons. The Balaban J connectivity index is 2.22. The molecule has 0 atom stereocenters. The Morgan fingerprint density at radius 3 is 2.61 bits per heavy atom. The molecule has 0 radical (unpaired) electrons. The normalized spacial score (nSPS) is 10.4. The smallest absolute Gasteiger partial charge is 0.167 e. The molecule has 0 spiro atoms. The second-order valence-electron chi connectivity index (χ2n) is 4.16. The summed E-state index contributed by atoms with van der Waals surface area (Å²) in [4.78, 5) is 12.2. The van der Waals surface area contributed by atoms with Crippen LogP contribution in [-0.2, 0) is 6.42 Å². The number of aryl methyl sites for hydroxylation is 1. The highest BCUT2D eigenvalue weighted by atomic mass is 79.9. The lowest BCUT2D eigenvalue weighted by Crippen LogP contribution is -2.04. The van der Waals surface area contributed by atoms with Crippen molar-refractivity contribution in [3.05, 3.63) is 68.7 Å². The third-order valence-corrected chi connectivity index (χ3v) is 4.07. The van der Waals surface area contributed by atoms with Gasteiger partial charge in [-0.25, -0.2) is 0 Å². The Morgan fingerprint density at radius 1 is 1.22 bits per heavy atom. The molecule has 0 aromatic heterocycles. The molecule has 0 unspecified atom stereocenters. The van der Waals surface area contributed by atoms with Gasteiger partial charge < -0.3 is 0 Å². The van der Waals surface area contributed by atoms with E-state index in [4.69, 9.17) is 11.6 Å². The number of Topliss-reactive ketones (excluding diaryl/α,β-unsaturated/α-hetero) is 1. The Bertz CT molecular complexity index is 593. The molecule has 0 bridgehead atoms. The summed E-state index contributed by atoms with van der Waals surface area (Å²) in [5.74, 6) is 0.0988. The first kappa shape index (κ1) is 13.3. The highest BCUT2D eigenvalue weighted by Crippen LogP contribution is 2.24. The van der Waals surface area contributed by atoms with Gasteiger partial charge in [-0.1, -0.05) is 35.9 Å². The van der Waals surface area contributed by atoms with Crippen LogP contribution in [0.1, 0.15) is 21.5 Å². The SMILES string of the molecule is Cc1ccccc1CC(=O)c1ccc(Cl)c(Br)c1. The summed E-state index contributed by atoms with van der Waals surface area (Å²) < 4.78 is 0.750. The van der Waals surface area contributed by atoms with Gasteiger partial charge in [0, 0.05) is 16.5 Å². The standard InChI is InChI=1S/C15H12BrClO/c1-10-4-2-3-5-11(10)9-15(18)12-6-7-14(17)13(16)8-12/h2-8H,9H2,1H3. The van der Waals surface area contributed by atoms with Gasteiger partial charge in [0.2, 0.25) is 0 Å². The van der Waals surface area contributed by atoms with E-state index in [9.17, 15) is 4.79 Å². The molecule has 0 N–H and O–H groups in total. The van der Waals surface area contributed by atoms with Gasteiger partial charge in [-0.05, 0) is 52.2 Å². The maximum absolute atomic E-state index is 12.2. The molecular weight excluding hydrogens is 312 g/mol. The van der Waals surface area contributed by atoms with Crippen molar-refractivity contribution in [2.45, 2.75) is 13.3 Å². The number of hydrogen-bond acceptors (Lipinski definition) is 1. The third-order valence-electron chi connectivity index (χ3n) is 2.85. The summed E-state index contributed by atoms with van der Waals surface area (Å²) in [6.45, 7) is 2.01. The monoisotopic (exact) mass is 322 g/mol. The topological polar surface area (TPSA) is 17.1 Å². The molecule has 2 aromatic rings. The van der Waals surface area contributed by atoms with E-state index in [2.05, 4.69) is 15.9 Å². The van der Waals surface area contributed by atoms with Crippen LogP contribution in [0.5, 0.6) is 0 Å². The minimum Gasteiger partial charge on any atom is -0.294 e. The Labute approximate surface area is 120 Å². The van der Waals surface area contributed by atoms with Crippen LogP contribution in [0.4, 0.5) is 0 Å². The zero-order valence-corrected chi connectivity index (χ0v) is 12.3. The fourth-order valence-corrected chi connectivity index (χ4v) is 2.25. The van der Waals surface area contributed by atoms with Crippen LogP contribution in [0.25, 0.3) is 0 Å². The number of benzene rings is 2. The lowest BCUT2D eigenvalue weighted by molar-refractivity contribution is 0.0992. The molecule has 1 nitrogen and oxygen atoms in total. The first-order valence-electron chi connectivity index (χ1n) is 5.60. The van der Waals surface area contributed by atoms with Crippen LogP contribution in [-0.4, -0.2) is 5.78 Å². The average molecular weight is 324 g/mol. The van der Waals surface area contributed by atoms with Crippen LogP contribution in [0.2, 0.25) is 5.02 Å². The Morgan fingerprint density at radius 2 is 1.94 bits per heavy atom. The maximum Gasteiger partial charge on any atom is 0.167 e. The third kappa shape index (κ3) is 3.01. The molecule has 0 aliphatic carbocycles. The fourth-order valence-electron chi connectivity index (χ4n) is 1.75. The van der Waals surface area contributed by atoms with Crippen molar-refractivity contribution in [1.29, 1.82) is 0 Å². The van der Waals surface area contributed by atoms with Gasteiger partial charge in [0.25, 0.3) is 0 Å². The highest BCUT2D eigenvalue weighted by Gasteiger charge is 2.10. The van der Waals surface area contributed by atoms with E-state index >= 15 is 0 Å². The molecule has 0 heterocycles. The highest BCUT2D eigenvalue weighted by molar-refractivity contribution is 9.10. The van der Waals surface area contributed by atoms with Crippen LogP contribution in [0.3, 0.4) is 0 Å². The maximum atomic E-state index is 12.2. The van der Waals surface area contributed by atoms with E-state index in [0.717, 1.165) is 15.6 Å². The van der Waals surface area contributed by atoms with Gasteiger partial charge in [-0.2, -0.15) is 0 Å². The average Bonchev–Trinajstić information content (AvgIpc) is 2.35. The second-order valence-corrected chi connectivity index (χ2v) is 5.42. The molecule has 2 rings (SSSR count). The fraction of sp³-hybridized carbons (Fsp3) is 0.133. The summed E-state index contributed by atoms with van der Waals surface area (Å²) >= 11 is 9.24. The molecule has 0 saturated carbocycles. The van der Waals surface area contributed by atoms with Crippen molar-refractivity contribution < 1.29 is 4.79 Å². The number of ketones is 1. The largest absolute Gasteiger partial charge is 0.294 e. The zero-order valence-electron chi connectivity index (χ0n) is 9.91. The molecule has 0 saturated heterocycles. The van der Waals surface area contributed by atoms with Crippen LogP contribution >= 0.6 is 27.5 Å². The van der Waals surface area contributed by atoms with Crippen molar-refractivity contribution in [1.82, 2.24) is 0 Å². The van der Waals surface area contributed by atoms with Crippen LogP contribution in [0.15, 0.2) is 46.9 Å². The van der Waals surface area contributed by atoms with Gasteiger partial charge in [0.05, 0.1) is 5.02 Å². The predicted molar refractivity (Wildman–Crippen MR) is 78.4 cm³/mol. The summed E-state index contributed by atoms with van der Waals surface area (Å²) in [6.07, 6.45) is 0.417. The number of rotatable bonds is 3. The summed E-state index contributed by atoms with van der Waals surface area (Å²) in [6, 6.07) is 13.2. The second kappa shape index (κ2) is 5.68. The molecular formula is C15H12BrClO. The van der Waals surface area contributed by atoms with E-state index in [1.54, 1.807) is 18.2 Å². The van der Waals surface area contributed by atoms with E-state index in [1.807, 2.05) is 31.2 Å². The van der Waals surface area contributed by atoms with Gasteiger partial charge >= 0.3 is 0 Å². The first-order chi connectivity index (χ1) is 8.58. The summed E-state index contributed by atoms with van der Waals surface area (Å²) in [5, 5.41) is 0.613. The number of carbonyl (C=O) groups is 1. The minimum absolute atomic E-state index is 0.0988. The van der Waals surface area contributed by atoms with Crippen LogP contribution in [0, 0.1) is 6.92 Å². The van der Waals surface area contributed by atoms with Crippen LogP contribution < -0.4 is 0 Å². The van der Waals surface area contributed by atoms with Gasteiger partial charge in [-0.15, -0.1) is 0 Å². The number of hydrogen-bond donors (Lipinski definition) is 0. The lowest BCUT2D eigenvalue weighted by atomic mass is 10.00. The first-order valence-corrected chi connectivity index (χ1v) is 6.78. The molecule has 0 fully saturated rings. The molecule has 0 aliphatic heterocycles. The Kier molecular flexibility index (Phi) is 4.20. The number of halogens is 2. The lowest BCUT2D eigenvalue weighted by Gasteiger charge is -2.06. The molecule has 0 aliphatic rings. The van der Waals surface area contributed by atoms with Crippen molar-refractivity contribution in [2.75, 3.05) is 0 Å².